The third kappa shape index (κ3) is 5.16. The maximum atomic E-state index is 12.2. The van der Waals surface area contributed by atoms with Gasteiger partial charge in [0.15, 0.2) is 0 Å². The second-order valence-electron chi connectivity index (χ2n) is 5.27. The smallest absolute Gasteiger partial charge is 0.268 e. The molecule has 0 bridgehead atoms. The number of hydrogen-bond donors (Lipinski definition) is 1. The Balaban J connectivity index is 2.10. The Morgan fingerprint density at radius 1 is 1.39 bits per heavy atom. The first kappa shape index (κ1) is 17.1. The number of nitrogens with one attached hydrogen (secondary N) is 1. The predicted molar refractivity (Wildman–Crippen MR) is 92.1 cm³/mol. The van der Waals surface area contributed by atoms with Gasteiger partial charge in [-0.3, -0.25) is 10.1 Å². The van der Waals surface area contributed by atoms with Crippen molar-refractivity contribution in [1.82, 2.24) is 10.2 Å². The molecular formula is C16H15ClN4OS. The summed E-state index contributed by atoms with van der Waals surface area (Å²) in [4.78, 5) is 12.2. The molecule has 1 amide bonds. The van der Waals surface area contributed by atoms with Crippen LogP contribution >= 0.6 is 22.9 Å². The van der Waals surface area contributed by atoms with Gasteiger partial charge in [-0.05, 0) is 29.7 Å². The van der Waals surface area contributed by atoms with Gasteiger partial charge in [-0.2, -0.15) is 5.26 Å². The van der Waals surface area contributed by atoms with E-state index in [1.165, 1.54) is 17.4 Å². The Bertz CT molecular complexity index is 759. The lowest BCUT2D eigenvalue weighted by Crippen LogP contribution is -2.13. The van der Waals surface area contributed by atoms with Crippen molar-refractivity contribution in [3.05, 3.63) is 45.4 Å². The van der Waals surface area contributed by atoms with E-state index >= 15 is 0 Å². The van der Waals surface area contributed by atoms with Crippen LogP contribution < -0.4 is 5.32 Å². The predicted octanol–water partition coefficient (Wildman–Crippen LogP) is 3.94. The highest BCUT2D eigenvalue weighted by atomic mass is 35.5. The summed E-state index contributed by atoms with van der Waals surface area (Å²) in [7, 11) is 0. The summed E-state index contributed by atoms with van der Waals surface area (Å²) in [5.74, 6) is -0.0410. The van der Waals surface area contributed by atoms with Gasteiger partial charge in [0.25, 0.3) is 5.91 Å². The molecule has 5 nitrogen and oxygen atoms in total. The highest BCUT2D eigenvalue weighted by Crippen LogP contribution is 2.19. The molecule has 118 valence electrons. The van der Waals surface area contributed by atoms with Gasteiger partial charge in [0.05, 0.1) is 0 Å². The third-order valence-corrected chi connectivity index (χ3v) is 3.93. The summed E-state index contributed by atoms with van der Waals surface area (Å²) < 4.78 is 0. The average molecular weight is 347 g/mol. The molecule has 23 heavy (non-hydrogen) atoms. The van der Waals surface area contributed by atoms with E-state index < -0.39 is 5.91 Å². The van der Waals surface area contributed by atoms with Crippen LogP contribution in [0.15, 0.2) is 29.8 Å². The Kier molecular flexibility index (Phi) is 5.85. The van der Waals surface area contributed by atoms with E-state index in [9.17, 15) is 10.1 Å². The van der Waals surface area contributed by atoms with Gasteiger partial charge in [-0.1, -0.05) is 48.9 Å². The van der Waals surface area contributed by atoms with Gasteiger partial charge in [0.2, 0.25) is 5.13 Å². The van der Waals surface area contributed by atoms with Crippen LogP contribution in [0.5, 0.6) is 0 Å². The molecule has 2 rings (SSSR count). The van der Waals surface area contributed by atoms with Crippen molar-refractivity contribution in [3.63, 3.8) is 0 Å². The first-order valence-corrected chi connectivity index (χ1v) is 8.18. The monoisotopic (exact) mass is 346 g/mol. The van der Waals surface area contributed by atoms with E-state index in [4.69, 9.17) is 11.6 Å². The summed E-state index contributed by atoms with van der Waals surface area (Å²) in [6, 6.07) is 8.76. The minimum Gasteiger partial charge on any atom is -0.296 e. The Labute approximate surface area is 143 Å². The van der Waals surface area contributed by atoms with Gasteiger partial charge < -0.3 is 0 Å². The van der Waals surface area contributed by atoms with Crippen molar-refractivity contribution >= 4 is 40.1 Å². The zero-order valence-corrected chi connectivity index (χ0v) is 14.3. The van der Waals surface area contributed by atoms with Crippen LogP contribution in [0.25, 0.3) is 6.08 Å². The topological polar surface area (TPSA) is 78.7 Å². The number of carbonyl (C=O) groups is 1. The second-order valence-corrected chi connectivity index (χ2v) is 6.77. The van der Waals surface area contributed by atoms with Crippen LogP contribution in [0.3, 0.4) is 0 Å². The number of halogens is 1. The van der Waals surface area contributed by atoms with Crippen molar-refractivity contribution in [2.45, 2.75) is 20.3 Å². The molecule has 0 radical (unpaired) electrons. The van der Waals surface area contributed by atoms with Crippen molar-refractivity contribution in [2.75, 3.05) is 5.32 Å². The molecule has 1 N–H and O–H groups in total. The van der Waals surface area contributed by atoms with E-state index in [1.807, 2.05) is 6.07 Å². The Hall–Kier alpha value is -2.23. The van der Waals surface area contributed by atoms with E-state index in [-0.39, 0.29) is 5.57 Å². The highest BCUT2D eigenvalue weighted by Gasteiger charge is 2.13. The summed E-state index contributed by atoms with van der Waals surface area (Å²) in [5.41, 5.74) is 0.715. The molecule has 0 saturated carbocycles. The quantitative estimate of drug-likeness (QED) is 0.657. The number of nitrogens with zero attached hydrogens (tertiary/aromatic N) is 3. The van der Waals surface area contributed by atoms with Gasteiger partial charge in [-0.15, -0.1) is 10.2 Å². The maximum absolute atomic E-state index is 12.2. The van der Waals surface area contributed by atoms with Crippen LogP contribution in [0, 0.1) is 17.2 Å². The van der Waals surface area contributed by atoms with Crippen LogP contribution in [0.2, 0.25) is 5.02 Å². The highest BCUT2D eigenvalue weighted by molar-refractivity contribution is 7.15. The molecule has 0 aliphatic heterocycles. The zero-order valence-electron chi connectivity index (χ0n) is 12.7. The fourth-order valence-electron chi connectivity index (χ4n) is 1.77. The third-order valence-electron chi connectivity index (χ3n) is 2.82. The minimum absolute atomic E-state index is 0.00654. The van der Waals surface area contributed by atoms with Crippen LogP contribution in [-0.4, -0.2) is 16.1 Å². The van der Waals surface area contributed by atoms with Crippen molar-refractivity contribution in [2.24, 2.45) is 5.92 Å². The van der Waals surface area contributed by atoms with Crippen LogP contribution in [0.4, 0.5) is 5.13 Å². The standard InChI is InChI=1S/C16H15ClN4OS/c1-10(2)7-14-20-21-16(23-14)19-15(22)12(9-18)8-11-3-5-13(17)6-4-11/h3-6,8,10H,7H2,1-2H3,(H,19,21,22)/b12-8-. The molecule has 0 saturated heterocycles. The molecule has 0 unspecified atom stereocenters. The lowest BCUT2D eigenvalue weighted by Gasteiger charge is -2.00. The number of hydrogen-bond acceptors (Lipinski definition) is 5. The second kappa shape index (κ2) is 7.86. The van der Waals surface area contributed by atoms with E-state index in [1.54, 1.807) is 24.3 Å². The summed E-state index contributed by atoms with van der Waals surface area (Å²) in [6.45, 7) is 4.17. The Morgan fingerprint density at radius 3 is 2.70 bits per heavy atom. The molecule has 0 aliphatic carbocycles. The SMILES string of the molecule is CC(C)Cc1nnc(NC(=O)/C(C#N)=C\c2ccc(Cl)cc2)s1. The average Bonchev–Trinajstić information content (AvgIpc) is 2.92. The molecule has 7 heteroatoms. The van der Waals surface area contributed by atoms with Gasteiger partial charge >= 0.3 is 0 Å². The van der Waals surface area contributed by atoms with E-state index in [0.29, 0.717) is 16.1 Å². The summed E-state index contributed by atoms with van der Waals surface area (Å²) >= 11 is 7.13. The number of benzene rings is 1. The number of rotatable bonds is 5. The number of aromatic nitrogens is 2. The van der Waals surface area contributed by atoms with Crippen LogP contribution in [0.1, 0.15) is 24.4 Å². The summed E-state index contributed by atoms with van der Waals surface area (Å²) in [5, 5.41) is 21.6. The molecule has 1 aromatic heterocycles. The normalized spacial score (nSPS) is 11.3. The maximum Gasteiger partial charge on any atom is 0.268 e. The molecule has 2 aromatic rings. The van der Waals surface area contributed by atoms with Gasteiger partial charge in [0, 0.05) is 11.4 Å². The molecular weight excluding hydrogens is 332 g/mol. The lowest BCUT2D eigenvalue weighted by atomic mass is 10.1. The zero-order chi connectivity index (χ0) is 16.8. The fraction of sp³-hybridized carbons (Fsp3) is 0.250. The number of nitriles is 1. The molecule has 1 heterocycles. The number of amides is 1. The van der Waals surface area contributed by atoms with Crippen molar-refractivity contribution in [1.29, 1.82) is 5.26 Å². The van der Waals surface area contributed by atoms with E-state index in [2.05, 4.69) is 29.4 Å². The van der Waals surface area contributed by atoms with Crippen molar-refractivity contribution in [3.8, 4) is 6.07 Å². The first-order valence-electron chi connectivity index (χ1n) is 6.99. The molecule has 0 fully saturated rings. The minimum atomic E-state index is -0.505. The molecule has 0 spiro atoms. The first-order chi connectivity index (χ1) is 11.0. The van der Waals surface area contributed by atoms with Crippen LogP contribution in [-0.2, 0) is 11.2 Å². The van der Waals surface area contributed by atoms with Gasteiger partial charge in [0.1, 0.15) is 16.6 Å². The fourth-order valence-corrected chi connectivity index (χ4v) is 2.85. The molecule has 0 atom stereocenters. The lowest BCUT2D eigenvalue weighted by molar-refractivity contribution is -0.112. The molecule has 1 aromatic carbocycles. The molecule has 0 aliphatic rings. The Morgan fingerprint density at radius 2 is 2.09 bits per heavy atom. The number of carbonyl (C=O) groups excluding carboxylic acids is 1. The van der Waals surface area contributed by atoms with E-state index in [0.717, 1.165) is 17.0 Å². The van der Waals surface area contributed by atoms with Gasteiger partial charge in [-0.25, -0.2) is 0 Å². The largest absolute Gasteiger partial charge is 0.296 e. The number of anilines is 1. The summed E-state index contributed by atoms with van der Waals surface area (Å²) in [6.07, 6.45) is 2.31. The van der Waals surface area contributed by atoms with Crippen molar-refractivity contribution < 1.29 is 4.79 Å².